The zero-order valence-corrected chi connectivity index (χ0v) is 14.0. The van der Waals surface area contributed by atoms with Crippen LogP contribution in [0.25, 0.3) is 0 Å². The fourth-order valence-electron chi connectivity index (χ4n) is 5.86. The third-order valence-corrected chi connectivity index (χ3v) is 7.17. The molecule has 0 spiro atoms. The summed E-state index contributed by atoms with van der Waals surface area (Å²) >= 11 is 0. The Labute approximate surface area is 137 Å². The Morgan fingerprint density at radius 3 is 2.74 bits per heavy atom. The van der Waals surface area contributed by atoms with Crippen molar-refractivity contribution in [1.29, 1.82) is 0 Å². The van der Waals surface area contributed by atoms with E-state index in [9.17, 15) is 15.0 Å². The van der Waals surface area contributed by atoms with Crippen molar-refractivity contribution in [3.8, 4) is 5.75 Å². The van der Waals surface area contributed by atoms with E-state index in [2.05, 4.69) is 6.92 Å². The first-order valence-electron chi connectivity index (χ1n) is 8.96. The van der Waals surface area contributed by atoms with Crippen molar-refractivity contribution in [3.05, 3.63) is 28.8 Å². The number of Topliss-reactive ketones (excluding diaryl/α,β-unsaturated/α-hetero) is 1. The van der Waals surface area contributed by atoms with Crippen LogP contribution in [0.3, 0.4) is 0 Å². The number of phenolic OH excluding ortho intramolecular Hbond substituents is 1. The van der Waals surface area contributed by atoms with Gasteiger partial charge in [-0.1, -0.05) is 6.92 Å². The van der Waals surface area contributed by atoms with E-state index in [-0.39, 0.29) is 23.1 Å². The van der Waals surface area contributed by atoms with Crippen molar-refractivity contribution in [2.45, 2.75) is 64.4 Å². The summed E-state index contributed by atoms with van der Waals surface area (Å²) in [4.78, 5) is 11.8. The van der Waals surface area contributed by atoms with Crippen LogP contribution in [0.2, 0.25) is 0 Å². The maximum Gasteiger partial charge on any atom is 0.163 e. The highest BCUT2D eigenvalue weighted by Gasteiger charge is 2.54. The Hall–Kier alpha value is -1.35. The van der Waals surface area contributed by atoms with E-state index in [0.717, 1.165) is 38.5 Å². The highest BCUT2D eigenvalue weighted by atomic mass is 16.3. The molecule has 0 amide bonds. The molecular formula is C20H26O3. The van der Waals surface area contributed by atoms with E-state index in [1.54, 1.807) is 0 Å². The lowest BCUT2D eigenvalue weighted by Gasteiger charge is -2.50. The minimum absolute atomic E-state index is 0.0654. The van der Waals surface area contributed by atoms with E-state index >= 15 is 0 Å². The van der Waals surface area contributed by atoms with Crippen molar-refractivity contribution in [2.24, 2.45) is 17.3 Å². The van der Waals surface area contributed by atoms with Gasteiger partial charge >= 0.3 is 0 Å². The molecule has 1 aromatic carbocycles. The molecule has 0 bridgehead atoms. The van der Waals surface area contributed by atoms with Gasteiger partial charge in [-0.2, -0.15) is 0 Å². The smallest absolute Gasteiger partial charge is 0.163 e. The first-order chi connectivity index (χ1) is 10.9. The molecule has 3 nitrogen and oxygen atoms in total. The highest BCUT2D eigenvalue weighted by molar-refractivity contribution is 5.97. The fraction of sp³-hybridized carbons (Fsp3) is 0.650. The number of aromatic hydroxyl groups is 1. The van der Waals surface area contributed by atoms with Gasteiger partial charge in [0.2, 0.25) is 0 Å². The number of hydrogen-bond acceptors (Lipinski definition) is 3. The Morgan fingerprint density at radius 2 is 2.00 bits per heavy atom. The Morgan fingerprint density at radius 1 is 1.22 bits per heavy atom. The number of benzene rings is 1. The summed E-state index contributed by atoms with van der Waals surface area (Å²) in [6.45, 7) is 3.80. The maximum atomic E-state index is 11.8. The van der Waals surface area contributed by atoms with Crippen LogP contribution in [0, 0.1) is 17.3 Å². The molecule has 2 saturated carbocycles. The normalized spacial score (nSPS) is 38.6. The van der Waals surface area contributed by atoms with E-state index in [4.69, 9.17) is 0 Å². The van der Waals surface area contributed by atoms with Gasteiger partial charge < -0.3 is 10.2 Å². The Kier molecular flexibility index (Phi) is 3.35. The van der Waals surface area contributed by atoms with Gasteiger partial charge in [0.25, 0.3) is 0 Å². The molecule has 1 aromatic rings. The molecule has 0 heterocycles. The standard InChI is InChI=1S/C20H26O3/c1-11(21)15-10-16-12(9-18(15)22)3-4-14-13(16)7-8-20(2)17(14)5-6-19(20)23/h9-10,13-14,17,19,22-23H,3-8H2,1-2H3/t13?,14?,17?,19-,20-/m0/s1. The van der Waals surface area contributed by atoms with Gasteiger partial charge in [-0.15, -0.1) is 0 Å². The number of hydrogen-bond donors (Lipinski definition) is 2. The third kappa shape index (κ3) is 2.09. The van der Waals surface area contributed by atoms with Gasteiger partial charge in [-0.05, 0) is 91.9 Å². The first kappa shape index (κ1) is 15.2. The van der Waals surface area contributed by atoms with Gasteiger partial charge in [0.1, 0.15) is 5.75 Å². The van der Waals surface area contributed by atoms with E-state index in [0.29, 0.717) is 23.3 Å². The number of carbonyl (C=O) groups is 1. The van der Waals surface area contributed by atoms with E-state index in [1.807, 2.05) is 12.1 Å². The largest absolute Gasteiger partial charge is 0.507 e. The maximum absolute atomic E-state index is 11.8. The summed E-state index contributed by atoms with van der Waals surface area (Å²) in [6.07, 6.45) is 6.19. The van der Waals surface area contributed by atoms with Crippen molar-refractivity contribution in [2.75, 3.05) is 0 Å². The van der Waals surface area contributed by atoms with Crippen molar-refractivity contribution >= 4 is 5.78 Å². The molecule has 124 valence electrons. The van der Waals surface area contributed by atoms with Gasteiger partial charge in [0.15, 0.2) is 5.78 Å². The second-order valence-electron chi connectivity index (χ2n) is 8.18. The second-order valence-corrected chi connectivity index (χ2v) is 8.18. The number of aliphatic hydroxyl groups excluding tert-OH is 1. The lowest BCUT2D eigenvalue weighted by atomic mass is 9.55. The predicted molar refractivity (Wildman–Crippen MR) is 88.7 cm³/mol. The number of carbonyl (C=O) groups excluding carboxylic acids is 1. The number of fused-ring (bicyclic) bond motifs is 5. The van der Waals surface area contributed by atoms with Crippen LogP contribution in [0.4, 0.5) is 0 Å². The van der Waals surface area contributed by atoms with Crippen molar-refractivity contribution < 1.29 is 15.0 Å². The summed E-state index contributed by atoms with van der Waals surface area (Å²) in [5.74, 6) is 1.76. The molecule has 0 aliphatic heterocycles. The van der Waals surface area contributed by atoms with Gasteiger partial charge in [0, 0.05) is 0 Å². The van der Waals surface area contributed by atoms with E-state index in [1.165, 1.54) is 18.1 Å². The Bertz CT molecular complexity index is 665. The fourth-order valence-corrected chi connectivity index (χ4v) is 5.86. The summed E-state index contributed by atoms with van der Waals surface area (Å²) in [5.41, 5.74) is 3.05. The highest BCUT2D eigenvalue weighted by Crippen LogP contribution is 2.61. The molecular weight excluding hydrogens is 288 g/mol. The monoisotopic (exact) mass is 314 g/mol. The number of aryl methyl sites for hydroxylation is 1. The summed E-state index contributed by atoms with van der Waals surface area (Å²) in [5, 5.41) is 20.5. The molecule has 3 heteroatoms. The lowest BCUT2D eigenvalue weighted by Crippen LogP contribution is -2.43. The first-order valence-corrected chi connectivity index (χ1v) is 8.96. The van der Waals surface area contributed by atoms with Gasteiger partial charge in [-0.3, -0.25) is 4.79 Å². The van der Waals surface area contributed by atoms with Gasteiger partial charge in [-0.25, -0.2) is 0 Å². The lowest BCUT2D eigenvalue weighted by molar-refractivity contribution is -0.0226. The van der Waals surface area contributed by atoms with Crippen LogP contribution >= 0.6 is 0 Å². The Balaban J connectivity index is 1.74. The van der Waals surface area contributed by atoms with Crippen LogP contribution in [-0.2, 0) is 6.42 Å². The molecule has 0 saturated heterocycles. The predicted octanol–water partition coefficient (Wildman–Crippen LogP) is 3.81. The second kappa shape index (κ2) is 5.07. The number of aliphatic hydroxyl groups is 1. The topological polar surface area (TPSA) is 57.5 Å². The number of ketones is 1. The zero-order valence-electron chi connectivity index (χ0n) is 14.0. The average Bonchev–Trinajstić information content (AvgIpc) is 2.81. The van der Waals surface area contributed by atoms with Crippen LogP contribution in [0.5, 0.6) is 5.75 Å². The van der Waals surface area contributed by atoms with Crippen LogP contribution in [-0.4, -0.2) is 22.1 Å². The average molecular weight is 314 g/mol. The molecule has 4 rings (SSSR count). The van der Waals surface area contributed by atoms with Crippen molar-refractivity contribution in [1.82, 2.24) is 0 Å². The minimum atomic E-state index is -0.151. The molecule has 2 N–H and O–H groups in total. The molecule has 23 heavy (non-hydrogen) atoms. The molecule has 3 aliphatic carbocycles. The van der Waals surface area contributed by atoms with Gasteiger partial charge in [0.05, 0.1) is 11.7 Å². The molecule has 3 aliphatic rings. The molecule has 5 atom stereocenters. The summed E-state index contributed by atoms with van der Waals surface area (Å²) in [6, 6.07) is 3.78. The van der Waals surface area contributed by atoms with Crippen LogP contribution in [0.15, 0.2) is 12.1 Å². The van der Waals surface area contributed by atoms with Crippen LogP contribution in [0.1, 0.15) is 73.4 Å². The number of phenols is 1. The quantitative estimate of drug-likeness (QED) is 0.775. The van der Waals surface area contributed by atoms with E-state index < -0.39 is 0 Å². The molecule has 0 radical (unpaired) electrons. The number of rotatable bonds is 1. The molecule has 3 unspecified atom stereocenters. The summed E-state index contributed by atoms with van der Waals surface area (Å²) in [7, 11) is 0. The van der Waals surface area contributed by atoms with Crippen molar-refractivity contribution in [3.63, 3.8) is 0 Å². The minimum Gasteiger partial charge on any atom is -0.507 e. The molecule has 2 fully saturated rings. The SMILES string of the molecule is CC(=O)c1cc2c(cc1O)CCC1C2CC[C@@]2(C)C1CC[C@@H]2O. The third-order valence-electron chi connectivity index (χ3n) is 7.17. The summed E-state index contributed by atoms with van der Waals surface area (Å²) < 4.78 is 0. The van der Waals surface area contributed by atoms with Crippen LogP contribution < -0.4 is 0 Å². The molecule has 0 aromatic heterocycles. The zero-order chi connectivity index (χ0) is 16.4.